The molecule has 0 saturated heterocycles. The standard InChI is InChI=1S/C11H26O2P/c1-5-14(6-2,7-3)9-8-11(10-12)13-4/h11-12H,5-10H2,1-4H3/q+1. The highest BCUT2D eigenvalue weighted by Crippen LogP contribution is 2.58. The third-order valence-electron chi connectivity index (χ3n) is 3.47. The minimum Gasteiger partial charge on any atom is -0.394 e. The van der Waals surface area contributed by atoms with E-state index in [-0.39, 0.29) is 12.7 Å². The van der Waals surface area contributed by atoms with Crippen LogP contribution >= 0.6 is 7.26 Å². The van der Waals surface area contributed by atoms with Gasteiger partial charge in [-0.2, -0.15) is 0 Å². The lowest BCUT2D eigenvalue weighted by Gasteiger charge is -2.25. The molecular weight excluding hydrogens is 195 g/mol. The summed E-state index contributed by atoms with van der Waals surface area (Å²) in [6, 6.07) is 0. The average molecular weight is 221 g/mol. The largest absolute Gasteiger partial charge is 0.394 e. The molecule has 0 fully saturated rings. The molecule has 0 aliphatic heterocycles. The lowest BCUT2D eigenvalue weighted by Crippen LogP contribution is -2.19. The topological polar surface area (TPSA) is 29.5 Å². The van der Waals surface area contributed by atoms with Crippen molar-refractivity contribution >= 4 is 7.26 Å². The van der Waals surface area contributed by atoms with Crippen LogP contribution in [0.4, 0.5) is 0 Å². The third-order valence-corrected chi connectivity index (χ3v) is 8.71. The van der Waals surface area contributed by atoms with Crippen LogP contribution < -0.4 is 0 Å². The minimum absolute atomic E-state index is 0.0547. The molecule has 1 unspecified atom stereocenters. The van der Waals surface area contributed by atoms with E-state index in [1.54, 1.807) is 7.11 Å². The normalized spacial score (nSPS) is 14.4. The molecule has 0 aliphatic carbocycles. The summed E-state index contributed by atoms with van der Waals surface area (Å²) in [4.78, 5) is 0. The summed E-state index contributed by atoms with van der Waals surface area (Å²) in [5.41, 5.74) is 0. The summed E-state index contributed by atoms with van der Waals surface area (Å²) in [7, 11) is 0.975. The number of hydrogen-bond acceptors (Lipinski definition) is 2. The zero-order valence-electron chi connectivity index (χ0n) is 10.1. The maximum absolute atomic E-state index is 9.03. The van der Waals surface area contributed by atoms with Gasteiger partial charge < -0.3 is 9.84 Å². The Kier molecular flexibility index (Phi) is 7.81. The summed E-state index contributed by atoms with van der Waals surface area (Å²) in [5, 5.41) is 9.03. The van der Waals surface area contributed by atoms with Crippen LogP contribution in [0.3, 0.4) is 0 Å². The second-order valence-electron chi connectivity index (χ2n) is 3.84. The molecule has 2 nitrogen and oxygen atoms in total. The number of methoxy groups -OCH3 is 1. The molecule has 1 N–H and O–H groups in total. The number of hydrogen-bond donors (Lipinski definition) is 1. The van der Waals surface area contributed by atoms with Gasteiger partial charge >= 0.3 is 0 Å². The summed E-state index contributed by atoms with van der Waals surface area (Å²) >= 11 is 0. The number of ether oxygens (including phenoxy) is 1. The second-order valence-corrected chi connectivity index (χ2v) is 8.87. The molecule has 0 rings (SSSR count). The van der Waals surface area contributed by atoms with Crippen molar-refractivity contribution in [3.8, 4) is 0 Å². The third kappa shape index (κ3) is 4.25. The van der Waals surface area contributed by atoms with Crippen LogP contribution in [-0.2, 0) is 4.74 Å². The van der Waals surface area contributed by atoms with Crippen LogP contribution in [0.1, 0.15) is 27.2 Å². The average Bonchev–Trinajstić information content (AvgIpc) is 2.26. The molecule has 3 heteroatoms. The zero-order valence-corrected chi connectivity index (χ0v) is 11.0. The van der Waals surface area contributed by atoms with E-state index in [0.29, 0.717) is 0 Å². The molecule has 0 spiro atoms. The smallest absolute Gasteiger partial charge is 0.0836 e. The van der Waals surface area contributed by atoms with E-state index in [4.69, 9.17) is 9.84 Å². The van der Waals surface area contributed by atoms with Crippen LogP contribution in [0.5, 0.6) is 0 Å². The van der Waals surface area contributed by atoms with E-state index in [1.165, 1.54) is 24.6 Å². The van der Waals surface area contributed by atoms with Gasteiger partial charge in [0.25, 0.3) is 0 Å². The fraction of sp³-hybridized carbons (Fsp3) is 1.00. The second kappa shape index (κ2) is 7.62. The Hall–Kier alpha value is 0.350. The van der Waals surface area contributed by atoms with Crippen LogP contribution in [0, 0.1) is 0 Å². The predicted octanol–water partition coefficient (Wildman–Crippen LogP) is 2.46. The Morgan fingerprint density at radius 1 is 1.14 bits per heavy atom. The highest BCUT2D eigenvalue weighted by atomic mass is 31.2. The van der Waals surface area contributed by atoms with Crippen LogP contribution in [-0.4, -0.2) is 49.6 Å². The van der Waals surface area contributed by atoms with E-state index in [9.17, 15) is 0 Å². The van der Waals surface area contributed by atoms with Gasteiger partial charge in [0.2, 0.25) is 0 Å². The van der Waals surface area contributed by atoms with Crippen molar-refractivity contribution in [2.45, 2.75) is 33.3 Å². The molecule has 0 aromatic rings. The van der Waals surface area contributed by atoms with Gasteiger partial charge in [0.15, 0.2) is 0 Å². The molecule has 0 aliphatic rings. The van der Waals surface area contributed by atoms with Crippen molar-refractivity contribution in [2.24, 2.45) is 0 Å². The lowest BCUT2D eigenvalue weighted by molar-refractivity contribution is 0.0472. The Bertz CT molecular complexity index is 123. The molecule has 0 bridgehead atoms. The van der Waals surface area contributed by atoms with Crippen LogP contribution in [0.2, 0.25) is 0 Å². The summed E-state index contributed by atoms with van der Waals surface area (Å²) < 4.78 is 5.20. The van der Waals surface area contributed by atoms with Gasteiger partial charge in [-0.3, -0.25) is 0 Å². The van der Waals surface area contributed by atoms with Crippen LogP contribution in [0.15, 0.2) is 0 Å². The maximum Gasteiger partial charge on any atom is 0.0836 e. The van der Waals surface area contributed by atoms with Crippen molar-refractivity contribution in [3.05, 3.63) is 0 Å². The molecule has 1 atom stereocenters. The van der Waals surface area contributed by atoms with Crippen molar-refractivity contribution in [1.82, 2.24) is 0 Å². The van der Waals surface area contributed by atoms with Gasteiger partial charge in [0, 0.05) is 20.8 Å². The molecule has 0 aromatic carbocycles. The van der Waals surface area contributed by atoms with Gasteiger partial charge in [0.05, 0.1) is 37.4 Å². The maximum atomic E-state index is 9.03. The predicted molar refractivity (Wildman–Crippen MR) is 65.9 cm³/mol. The molecule has 0 heterocycles. The highest BCUT2D eigenvalue weighted by molar-refractivity contribution is 7.75. The molecule has 0 amide bonds. The van der Waals surface area contributed by atoms with Crippen molar-refractivity contribution in [1.29, 1.82) is 0 Å². The Balaban J connectivity index is 4.04. The summed E-state index contributed by atoms with van der Waals surface area (Å²) in [5.74, 6) is 0. The van der Waals surface area contributed by atoms with Crippen molar-refractivity contribution in [3.63, 3.8) is 0 Å². The van der Waals surface area contributed by atoms with Gasteiger partial charge in [-0.15, -0.1) is 0 Å². The lowest BCUT2D eigenvalue weighted by atomic mass is 10.3. The fourth-order valence-electron chi connectivity index (χ4n) is 1.85. The van der Waals surface area contributed by atoms with Gasteiger partial charge in [-0.25, -0.2) is 0 Å². The number of aliphatic hydroxyl groups excluding tert-OH is 1. The Morgan fingerprint density at radius 2 is 1.64 bits per heavy atom. The Morgan fingerprint density at radius 3 is 1.93 bits per heavy atom. The molecule has 0 saturated carbocycles. The molecule has 0 radical (unpaired) electrons. The molecule has 0 aromatic heterocycles. The van der Waals surface area contributed by atoms with Gasteiger partial charge in [0.1, 0.15) is 0 Å². The van der Waals surface area contributed by atoms with E-state index < -0.39 is 7.26 Å². The number of aliphatic hydroxyl groups is 1. The quantitative estimate of drug-likeness (QED) is 0.638. The molecule has 14 heavy (non-hydrogen) atoms. The fourth-order valence-corrected chi connectivity index (χ4v) is 4.97. The zero-order chi connectivity index (χ0) is 11.0. The van der Waals surface area contributed by atoms with E-state index in [2.05, 4.69) is 20.8 Å². The number of rotatable bonds is 8. The van der Waals surface area contributed by atoms with Crippen molar-refractivity contribution < 1.29 is 9.84 Å². The summed E-state index contributed by atoms with van der Waals surface area (Å²) in [6.07, 6.45) is 6.36. The molecular formula is C11H26O2P+. The van der Waals surface area contributed by atoms with Gasteiger partial charge in [-0.1, -0.05) is 0 Å². The first-order valence-corrected chi connectivity index (χ1v) is 8.19. The van der Waals surface area contributed by atoms with E-state index in [0.717, 1.165) is 6.42 Å². The summed E-state index contributed by atoms with van der Waals surface area (Å²) in [6.45, 7) is 7.08. The van der Waals surface area contributed by atoms with E-state index >= 15 is 0 Å². The van der Waals surface area contributed by atoms with Crippen LogP contribution in [0.25, 0.3) is 0 Å². The van der Waals surface area contributed by atoms with E-state index in [1.807, 2.05) is 0 Å². The minimum atomic E-state index is -0.710. The first-order valence-electron chi connectivity index (χ1n) is 5.66. The Labute approximate surface area is 89.4 Å². The van der Waals surface area contributed by atoms with Gasteiger partial charge in [-0.05, 0) is 20.8 Å². The van der Waals surface area contributed by atoms with Crippen molar-refractivity contribution in [2.75, 3.05) is 38.4 Å². The first kappa shape index (κ1) is 14.3. The molecule has 86 valence electrons. The highest BCUT2D eigenvalue weighted by Gasteiger charge is 2.31. The first-order chi connectivity index (χ1) is 6.67. The SMILES string of the molecule is CC[P+](CC)(CC)CCC(CO)OC. The monoisotopic (exact) mass is 221 g/mol.